The average molecular weight is 327 g/mol. The van der Waals surface area contributed by atoms with Crippen LogP contribution in [0.4, 0.5) is 5.69 Å². The maximum absolute atomic E-state index is 12.5. The summed E-state index contributed by atoms with van der Waals surface area (Å²) in [5, 5.41) is 0. The molecule has 2 aromatic rings. The van der Waals surface area contributed by atoms with E-state index in [2.05, 4.69) is 16.8 Å². The number of aromatic amines is 1. The van der Waals surface area contributed by atoms with Gasteiger partial charge in [0.25, 0.3) is 5.91 Å². The van der Waals surface area contributed by atoms with Crippen molar-refractivity contribution in [3.8, 4) is 5.75 Å². The molecular formula is C18H21N3O3. The Labute approximate surface area is 140 Å². The molecule has 3 rings (SSSR count). The highest BCUT2D eigenvalue weighted by atomic mass is 16.5. The summed E-state index contributed by atoms with van der Waals surface area (Å²) in [6.07, 6.45) is 1.34. The van der Waals surface area contributed by atoms with Crippen LogP contribution in [0.3, 0.4) is 0 Å². The molecular weight excluding hydrogens is 306 g/mol. The minimum absolute atomic E-state index is 0.100. The average Bonchev–Trinajstić information content (AvgIpc) is 2.61. The van der Waals surface area contributed by atoms with Crippen molar-refractivity contribution in [2.75, 3.05) is 31.6 Å². The van der Waals surface area contributed by atoms with Gasteiger partial charge in [-0.25, -0.2) is 0 Å². The maximum atomic E-state index is 12.5. The number of fused-ring (bicyclic) bond motifs is 1. The van der Waals surface area contributed by atoms with Crippen LogP contribution in [0, 0.1) is 0 Å². The number of hydrogen-bond acceptors (Lipinski definition) is 4. The van der Waals surface area contributed by atoms with Gasteiger partial charge in [-0.05, 0) is 25.1 Å². The monoisotopic (exact) mass is 327 g/mol. The second kappa shape index (κ2) is 6.78. The molecule has 1 aliphatic rings. The molecule has 0 fully saturated rings. The number of likely N-dealkylation sites (N-methyl/N-ethyl adjacent to an activating group) is 2. The van der Waals surface area contributed by atoms with E-state index in [1.165, 1.54) is 18.3 Å². The molecule has 126 valence electrons. The van der Waals surface area contributed by atoms with Crippen LogP contribution in [0.1, 0.15) is 17.3 Å². The fraction of sp³-hybridized carbons (Fsp3) is 0.333. The van der Waals surface area contributed by atoms with Crippen molar-refractivity contribution >= 4 is 11.6 Å². The predicted octanol–water partition coefficient (Wildman–Crippen LogP) is 1.73. The number of carbonyl (C=O) groups is 1. The summed E-state index contributed by atoms with van der Waals surface area (Å²) in [5.41, 5.74) is 1.33. The number of carbonyl (C=O) groups excluding carboxylic acids is 1. The Hall–Kier alpha value is -2.76. The fourth-order valence-electron chi connectivity index (χ4n) is 2.93. The summed E-state index contributed by atoms with van der Waals surface area (Å²) < 4.78 is 6.05. The van der Waals surface area contributed by atoms with Gasteiger partial charge in [0.1, 0.15) is 11.9 Å². The fourth-order valence-corrected chi connectivity index (χ4v) is 2.93. The highest BCUT2D eigenvalue weighted by Crippen LogP contribution is 2.32. The summed E-state index contributed by atoms with van der Waals surface area (Å²) in [6, 6.07) is 10.8. The Morgan fingerprint density at radius 3 is 2.83 bits per heavy atom. The van der Waals surface area contributed by atoms with Crippen molar-refractivity contribution in [3.05, 3.63) is 58.5 Å². The Balaban J connectivity index is 1.71. The van der Waals surface area contributed by atoms with Crippen LogP contribution >= 0.6 is 0 Å². The highest BCUT2D eigenvalue weighted by molar-refractivity contribution is 5.93. The molecule has 24 heavy (non-hydrogen) atoms. The van der Waals surface area contributed by atoms with Crippen molar-refractivity contribution < 1.29 is 9.53 Å². The number of ether oxygens (including phenoxy) is 1. The molecule has 0 spiro atoms. The molecule has 0 saturated heterocycles. The van der Waals surface area contributed by atoms with Crippen LogP contribution in [0.2, 0.25) is 0 Å². The maximum Gasteiger partial charge on any atom is 0.255 e. The zero-order chi connectivity index (χ0) is 17.1. The third-order valence-electron chi connectivity index (χ3n) is 4.16. The van der Waals surface area contributed by atoms with Crippen molar-refractivity contribution in [3.63, 3.8) is 0 Å². The second-order valence-corrected chi connectivity index (χ2v) is 5.87. The molecule has 1 aromatic heterocycles. The third-order valence-corrected chi connectivity index (χ3v) is 4.16. The molecule has 0 aliphatic carbocycles. The number of rotatable bonds is 4. The van der Waals surface area contributed by atoms with Gasteiger partial charge < -0.3 is 19.5 Å². The van der Waals surface area contributed by atoms with E-state index >= 15 is 0 Å². The lowest BCUT2D eigenvalue weighted by molar-refractivity contribution is 0.0709. The number of H-pyrrole nitrogens is 1. The summed E-state index contributed by atoms with van der Waals surface area (Å²) >= 11 is 0. The van der Waals surface area contributed by atoms with E-state index in [1.807, 2.05) is 24.3 Å². The van der Waals surface area contributed by atoms with Crippen LogP contribution in [0.5, 0.6) is 5.75 Å². The lowest BCUT2D eigenvalue weighted by atomic mass is 10.1. The van der Waals surface area contributed by atoms with Crippen molar-refractivity contribution in [1.29, 1.82) is 0 Å². The molecule has 2 heterocycles. The zero-order valence-corrected chi connectivity index (χ0v) is 13.9. The van der Waals surface area contributed by atoms with Crippen LogP contribution in [-0.2, 0) is 0 Å². The van der Waals surface area contributed by atoms with Crippen LogP contribution in [0.25, 0.3) is 0 Å². The zero-order valence-electron chi connectivity index (χ0n) is 13.9. The number of aromatic nitrogens is 1. The summed E-state index contributed by atoms with van der Waals surface area (Å²) in [5.74, 6) is 0.706. The van der Waals surface area contributed by atoms with Crippen LogP contribution < -0.4 is 15.2 Å². The molecule has 1 N–H and O–H groups in total. The number of amides is 1. The molecule has 0 radical (unpaired) electrons. The van der Waals surface area contributed by atoms with Gasteiger partial charge in [-0.15, -0.1) is 0 Å². The predicted molar refractivity (Wildman–Crippen MR) is 92.8 cm³/mol. The first kappa shape index (κ1) is 16.1. The number of nitrogens with one attached hydrogen (secondary N) is 1. The lowest BCUT2D eigenvalue weighted by Gasteiger charge is -2.37. The number of hydrogen-bond donors (Lipinski definition) is 1. The van der Waals surface area contributed by atoms with Gasteiger partial charge in [-0.2, -0.15) is 0 Å². The molecule has 0 saturated carbocycles. The van der Waals surface area contributed by atoms with Gasteiger partial charge in [0.15, 0.2) is 0 Å². The summed E-state index contributed by atoms with van der Waals surface area (Å²) in [7, 11) is 1.74. The molecule has 1 aromatic carbocycles. The molecule has 6 heteroatoms. The Morgan fingerprint density at radius 2 is 2.12 bits per heavy atom. The second-order valence-electron chi connectivity index (χ2n) is 5.87. The van der Waals surface area contributed by atoms with Crippen LogP contribution in [-0.4, -0.2) is 48.6 Å². The van der Waals surface area contributed by atoms with E-state index in [0.29, 0.717) is 12.1 Å². The number of anilines is 1. The Kier molecular flexibility index (Phi) is 4.55. The van der Waals surface area contributed by atoms with Gasteiger partial charge in [-0.1, -0.05) is 12.1 Å². The van der Waals surface area contributed by atoms with Gasteiger partial charge in [-0.3, -0.25) is 9.59 Å². The van der Waals surface area contributed by atoms with Gasteiger partial charge in [0, 0.05) is 25.9 Å². The summed E-state index contributed by atoms with van der Waals surface area (Å²) in [6.45, 7) is 4.20. The van der Waals surface area contributed by atoms with E-state index in [-0.39, 0.29) is 17.6 Å². The normalized spacial score (nSPS) is 16.2. The minimum Gasteiger partial charge on any atom is -0.485 e. The van der Waals surface area contributed by atoms with Crippen molar-refractivity contribution in [2.45, 2.75) is 13.0 Å². The van der Waals surface area contributed by atoms with E-state index in [4.69, 9.17) is 4.74 Å². The Morgan fingerprint density at radius 1 is 1.33 bits per heavy atom. The molecule has 1 aliphatic heterocycles. The lowest BCUT2D eigenvalue weighted by Crippen LogP contribution is -2.46. The smallest absolute Gasteiger partial charge is 0.255 e. The van der Waals surface area contributed by atoms with Crippen molar-refractivity contribution in [1.82, 2.24) is 9.88 Å². The van der Waals surface area contributed by atoms with E-state index in [0.717, 1.165) is 24.5 Å². The van der Waals surface area contributed by atoms with Gasteiger partial charge >= 0.3 is 0 Å². The largest absolute Gasteiger partial charge is 0.485 e. The molecule has 1 atom stereocenters. The molecule has 1 amide bonds. The third kappa shape index (κ3) is 3.27. The minimum atomic E-state index is -0.222. The van der Waals surface area contributed by atoms with E-state index in [1.54, 1.807) is 11.9 Å². The summed E-state index contributed by atoms with van der Waals surface area (Å²) in [4.78, 5) is 30.0. The molecule has 0 bridgehead atoms. The Bertz CT molecular complexity index is 767. The topological polar surface area (TPSA) is 65.6 Å². The number of para-hydroxylation sites is 2. The number of pyridine rings is 1. The van der Waals surface area contributed by atoms with Gasteiger partial charge in [0.05, 0.1) is 24.3 Å². The first-order valence-electron chi connectivity index (χ1n) is 8.03. The SMILES string of the molecule is CCN1C[C@@H](CN(C)C(=O)c2ccc(=O)[nH]c2)Oc2ccccc21. The highest BCUT2D eigenvalue weighted by Gasteiger charge is 2.26. The van der Waals surface area contributed by atoms with Gasteiger partial charge in [0.2, 0.25) is 5.56 Å². The molecule has 0 unspecified atom stereocenters. The van der Waals surface area contributed by atoms with Crippen LogP contribution in [0.15, 0.2) is 47.4 Å². The first-order chi connectivity index (χ1) is 11.6. The quantitative estimate of drug-likeness (QED) is 0.929. The van der Waals surface area contributed by atoms with E-state index in [9.17, 15) is 9.59 Å². The van der Waals surface area contributed by atoms with E-state index < -0.39 is 0 Å². The number of benzene rings is 1. The number of nitrogens with zero attached hydrogens (tertiary/aromatic N) is 2. The molecule has 6 nitrogen and oxygen atoms in total. The first-order valence-corrected chi connectivity index (χ1v) is 8.03. The van der Waals surface area contributed by atoms with Crippen molar-refractivity contribution in [2.24, 2.45) is 0 Å². The standard InChI is InChI=1S/C18H21N3O3/c1-3-21-12-14(24-16-7-5-4-6-15(16)21)11-20(2)18(23)13-8-9-17(22)19-10-13/h4-10,14H,3,11-12H2,1-2H3,(H,19,22)/t14-/m1/s1.